The van der Waals surface area contributed by atoms with Crippen LogP contribution in [0, 0.1) is 46.2 Å². The van der Waals surface area contributed by atoms with Gasteiger partial charge in [0.2, 0.25) is 11.8 Å². The molecule has 0 aliphatic carbocycles. The van der Waals surface area contributed by atoms with Crippen LogP contribution in [-0.2, 0) is 44.4 Å². The van der Waals surface area contributed by atoms with Crippen LogP contribution in [0.25, 0.3) is 0 Å². The third-order valence-electron chi connectivity index (χ3n) is 7.52. The first kappa shape index (κ1) is 46.1. The summed E-state index contributed by atoms with van der Waals surface area (Å²) in [7, 11) is 0. The predicted octanol–water partition coefficient (Wildman–Crippen LogP) is 11.5. The molecule has 9 heteroatoms. The molecule has 0 N–H and O–H groups in total. The van der Waals surface area contributed by atoms with Crippen LogP contribution in [0.2, 0.25) is 0 Å². The van der Waals surface area contributed by atoms with E-state index in [4.69, 9.17) is 0 Å². The Balaban J connectivity index is 0.000000298. The van der Waals surface area contributed by atoms with Crippen molar-refractivity contribution in [1.29, 1.82) is 0 Å². The van der Waals surface area contributed by atoms with Gasteiger partial charge < -0.3 is 9.80 Å². The third kappa shape index (κ3) is 15.7. The van der Waals surface area contributed by atoms with Gasteiger partial charge in [-0.2, -0.15) is 36.4 Å². The Labute approximate surface area is 338 Å². The van der Waals surface area contributed by atoms with E-state index in [0.717, 1.165) is 23.3 Å². The van der Waals surface area contributed by atoms with Gasteiger partial charge in [-0.25, -0.2) is 41.8 Å². The Bertz CT molecular complexity index is 1790. The van der Waals surface area contributed by atoms with Gasteiger partial charge in [0, 0.05) is 47.2 Å². The average molecular weight is 783 g/mol. The first-order valence-corrected chi connectivity index (χ1v) is 17.4. The normalized spacial score (nSPS) is 10.5. The van der Waals surface area contributed by atoms with Gasteiger partial charge in [0.25, 0.3) is 0 Å². The van der Waals surface area contributed by atoms with Crippen LogP contribution in [0.5, 0.6) is 0 Å². The summed E-state index contributed by atoms with van der Waals surface area (Å²) in [6.07, 6.45) is 0. The molecule has 0 aliphatic heterocycles. The average Bonchev–Trinajstić information content (AvgIpc) is 3.91. The van der Waals surface area contributed by atoms with Crippen LogP contribution in [0.4, 0.5) is 28.9 Å². The van der Waals surface area contributed by atoms with Crippen molar-refractivity contribution < 1.29 is 48.9 Å². The zero-order chi connectivity index (χ0) is 39.7. The van der Waals surface area contributed by atoms with Crippen molar-refractivity contribution in [3.8, 4) is 0 Å². The minimum atomic E-state index is -0.867. The van der Waals surface area contributed by atoms with E-state index >= 15 is 0 Å². The van der Waals surface area contributed by atoms with Crippen molar-refractivity contribution in [3.63, 3.8) is 0 Å². The number of nitrogens with zero attached hydrogens (tertiary/aromatic N) is 2. The van der Waals surface area contributed by atoms with Crippen molar-refractivity contribution in [2.45, 2.75) is 54.6 Å². The number of carbonyl (C=O) groups excluding carboxylic acids is 2. The van der Waals surface area contributed by atoms with Gasteiger partial charge in [-0.3, -0.25) is 9.59 Å². The molecule has 0 heterocycles. The summed E-state index contributed by atoms with van der Waals surface area (Å²) in [5, 5.41) is 0. The van der Waals surface area contributed by atoms with E-state index in [2.05, 4.69) is 0 Å². The van der Waals surface area contributed by atoms with E-state index in [1.807, 2.05) is 133 Å². The smallest absolute Gasteiger partial charge is 0.359 e. The van der Waals surface area contributed by atoms with Gasteiger partial charge in [0.1, 0.15) is 0 Å². The first-order valence-electron chi connectivity index (χ1n) is 17.4. The molecule has 6 rings (SSSR count). The Hall–Kier alpha value is -5.05. The van der Waals surface area contributed by atoms with E-state index in [-0.39, 0.29) is 58.0 Å². The molecule has 0 bridgehead atoms. The van der Waals surface area contributed by atoms with Crippen LogP contribution < -0.4 is 9.80 Å². The van der Waals surface area contributed by atoms with Crippen molar-refractivity contribution in [2.75, 3.05) is 9.80 Å². The van der Waals surface area contributed by atoms with Gasteiger partial charge in [-0.05, 0) is 22.5 Å². The van der Waals surface area contributed by atoms with Crippen molar-refractivity contribution >= 4 is 23.2 Å². The van der Waals surface area contributed by atoms with Crippen molar-refractivity contribution in [2.24, 2.45) is 10.8 Å². The molecule has 284 valence electrons. The summed E-state index contributed by atoms with van der Waals surface area (Å²) in [6, 6.07) is 47.3. The topological polar surface area (TPSA) is 40.6 Å². The molecule has 0 spiro atoms. The second kappa shape index (κ2) is 22.4. The molecule has 0 aliphatic rings. The fourth-order valence-electron chi connectivity index (χ4n) is 4.80. The second-order valence-corrected chi connectivity index (χ2v) is 14.2. The fourth-order valence-corrected chi connectivity index (χ4v) is 4.80. The van der Waals surface area contributed by atoms with Gasteiger partial charge >= 0.3 is 21.7 Å². The molecule has 0 saturated heterocycles. The monoisotopic (exact) mass is 782 g/mol. The van der Waals surface area contributed by atoms with Gasteiger partial charge in [0.15, 0.2) is 0 Å². The molecule has 55 heavy (non-hydrogen) atoms. The predicted molar refractivity (Wildman–Crippen MR) is 209 cm³/mol. The molecule has 0 atom stereocenters. The van der Waals surface area contributed by atoms with Crippen molar-refractivity contribution in [3.05, 3.63) is 192 Å². The van der Waals surface area contributed by atoms with Crippen LogP contribution in [0.15, 0.2) is 146 Å². The molecule has 6 aromatic carbocycles. The summed E-state index contributed by atoms with van der Waals surface area (Å²) >= 11 is 0. The number of carbonyl (C=O) groups is 2. The third-order valence-corrected chi connectivity index (χ3v) is 7.52. The maximum absolute atomic E-state index is 14.1. The summed E-state index contributed by atoms with van der Waals surface area (Å²) in [6.45, 7) is 11.0. The minimum absolute atomic E-state index is 0. The van der Waals surface area contributed by atoms with Crippen LogP contribution in [0.3, 0.4) is 0 Å². The van der Waals surface area contributed by atoms with Crippen LogP contribution in [0.1, 0.15) is 52.7 Å². The van der Waals surface area contributed by atoms with Crippen LogP contribution >= 0.6 is 0 Å². The Morgan fingerprint density at radius 3 is 1.05 bits per heavy atom. The molecular formula is C46H46F4N2O2Ti. The van der Waals surface area contributed by atoms with Crippen molar-refractivity contribution in [1.82, 2.24) is 0 Å². The number of anilines is 2. The number of amides is 2. The molecule has 0 unspecified atom stereocenters. The number of halogens is 4. The standard InChI is InChI=1S/2C18H18F2NO.2C5H5.Ti/c2*1-18(2,3)17(22)21(12-13-7-5-4-6-8-13)16-10-9-14(19)11-15(16)20;2*1-2-4-5-3-1;/h2*4-10H,12H2,1-3H3;2*1-5H;/q4*-1;+4. The van der Waals surface area contributed by atoms with Gasteiger partial charge in [0.05, 0.1) is 0 Å². The zero-order valence-corrected chi connectivity index (χ0v) is 33.6. The van der Waals surface area contributed by atoms with E-state index < -0.39 is 34.1 Å². The fraction of sp³-hybridized carbons (Fsp3) is 0.217. The summed E-state index contributed by atoms with van der Waals surface area (Å²) in [5.41, 5.74) is 0.425. The Kier molecular flexibility index (Phi) is 18.7. The molecule has 0 saturated carbocycles. The maximum Gasteiger partial charge on any atom is 4.00 e. The zero-order valence-electron chi connectivity index (χ0n) is 32.0. The van der Waals surface area contributed by atoms with E-state index in [1.165, 1.54) is 21.9 Å². The van der Waals surface area contributed by atoms with E-state index in [0.29, 0.717) is 0 Å². The number of hydrogen-bond donors (Lipinski definition) is 0. The van der Waals surface area contributed by atoms with E-state index in [1.54, 1.807) is 41.5 Å². The largest absolute Gasteiger partial charge is 4.00 e. The molecule has 6 aromatic rings. The second-order valence-electron chi connectivity index (χ2n) is 14.2. The quantitative estimate of drug-likeness (QED) is 0.0959. The molecule has 0 fully saturated rings. The number of hydrogen-bond acceptors (Lipinski definition) is 2. The SMILES string of the molecule is CC(C)(C)C(=O)N(Cc1ccccc1)c1ccc(F)[c-]c1F.CC(C)(C)C(=O)N(Cc1ccccc1)c1ccc(F)[c-]c1F.[Ti+4].c1cc[cH-]c1.c1cc[cH-]c1. The molecule has 0 aromatic heterocycles. The molecule has 2 amide bonds. The summed E-state index contributed by atoms with van der Waals surface area (Å²) < 4.78 is 54.3. The Morgan fingerprint density at radius 2 is 0.818 bits per heavy atom. The summed E-state index contributed by atoms with van der Waals surface area (Å²) in [5.74, 6) is -3.79. The minimum Gasteiger partial charge on any atom is -0.359 e. The first-order chi connectivity index (χ1) is 25.6. The molecular weight excluding hydrogens is 736 g/mol. The maximum atomic E-state index is 14.1. The van der Waals surface area contributed by atoms with Gasteiger partial charge in [-0.15, -0.1) is 36.4 Å². The summed E-state index contributed by atoms with van der Waals surface area (Å²) in [4.78, 5) is 28.0. The number of benzene rings is 4. The Morgan fingerprint density at radius 1 is 0.509 bits per heavy atom. The number of rotatable bonds is 6. The van der Waals surface area contributed by atoms with E-state index in [9.17, 15) is 27.2 Å². The molecule has 4 nitrogen and oxygen atoms in total. The van der Waals surface area contributed by atoms with Gasteiger partial charge in [-0.1, -0.05) is 102 Å². The molecule has 0 radical (unpaired) electrons. The van der Waals surface area contributed by atoms with Crippen LogP contribution in [-0.4, -0.2) is 11.8 Å².